The summed E-state index contributed by atoms with van der Waals surface area (Å²) in [5.41, 5.74) is 0.962. The van der Waals surface area contributed by atoms with Crippen LogP contribution < -0.4 is 0 Å². The van der Waals surface area contributed by atoms with Crippen LogP contribution in [-0.2, 0) is 16.1 Å². The molecule has 3 fully saturated rings. The monoisotopic (exact) mass is 442 g/mol. The summed E-state index contributed by atoms with van der Waals surface area (Å²) in [5, 5.41) is 0. The Kier molecular flexibility index (Phi) is 7.85. The van der Waals surface area contributed by atoms with Gasteiger partial charge in [-0.2, -0.15) is 0 Å². The van der Waals surface area contributed by atoms with Crippen molar-refractivity contribution in [3.05, 3.63) is 30.1 Å². The van der Waals surface area contributed by atoms with Gasteiger partial charge in [-0.3, -0.25) is 9.78 Å². The van der Waals surface area contributed by atoms with E-state index in [4.69, 9.17) is 4.74 Å². The van der Waals surface area contributed by atoms with E-state index < -0.39 is 0 Å². The molecule has 0 radical (unpaired) electrons. The van der Waals surface area contributed by atoms with Crippen molar-refractivity contribution < 1.29 is 9.53 Å². The molecule has 32 heavy (non-hydrogen) atoms. The number of amides is 1. The maximum absolute atomic E-state index is 13.6. The first-order chi connectivity index (χ1) is 15.4. The van der Waals surface area contributed by atoms with Crippen LogP contribution in [-0.4, -0.2) is 83.6 Å². The SMILES string of the molecule is CN1CCC(N2CCC(CN(Cc3ccncc3)C(=O)C3CCOC(C)(C)C3)CC2)CC1. The van der Waals surface area contributed by atoms with Gasteiger partial charge in [-0.15, -0.1) is 0 Å². The van der Waals surface area contributed by atoms with E-state index in [1.165, 1.54) is 57.4 Å². The lowest BCUT2D eigenvalue weighted by atomic mass is 9.86. The van der Waals surface area contributed by atoms with E-state index in [1.807, 2.05) is 24.5 Å². The third-order valence-corrected chi connectivity index (χ3v) is 7.81. The number of carbonyl (C=O) groups is 1. The minimum absolute atomic E-state index is 0.0694. The summed E-state index contributed by atoms with van der Waals surface area (Å²) in [6, 6.07) is 4.83. The average Bonchev–Trinajstić information content (AvgIpc) is 2.79. The summed E-state index contributed by atoms with van der Waals surface area (Å²) < 4.78 is 5.88. The molecule has 0 saturated carbocycles. The van der Waals surface area contributed by atoms with Crippen LogP contribution in [0, 0.1) is 11.8 Å². The molecule has 4 heterocycles. The Morgan fingerprint density at radius 1 is 1.09 bits per heavy atom. The number of rotatable bonds is 6. The number of nitrogens with zero attached hydrogens (tertiary/aromatic N) is 4. The number of carbonyl (C=O) groups excluding carboxylic acids is 1. The maximum Gasteiger partial charge on any atom is 0.226 e. The predicted octanol–water partition coefficient (Wildman–Crippen LogP) is 3.42. The van der Waals surface area contributed by atoms with Gasteiger partial charge < -0.3 is 19.4 Å². The fraction of sp³-hybridized carbons (Fsp3) is 0.769. The third kappa shape index (κ3) is 6.30. The second kappa shape index (κ2) is 10.6. The molecule has 1 aromatic heterocycles. The molecule has 1 atom stereocenters. The Balaban J connectivity index is 1.36. The lowest BCUT2D eigenvalue weighted by Gasteiger charge is -2.42. The van der Waals surface area contributed by atoms with Crippen LogP contribution in [0.2, 0.25) is 0 Å². The number of hydrogen-bond donors (Lipinski definition) is 0. The molecule has 0 N–H and O–H groups in total. The fourth-order valence-electron chi connectivity index (χ4n) is 5.81. The Bertz CT molecular complexity index is 725. The van der Waals surface area contributed by atoms with Crippen molar-refractivity contribution in [1.82, 2.24) is 19.7 Å². The molecule has 3 saturated heterocycles. The van der Waals surface area contributed by atoms with Crippen LogP contribution in [0.25, 0.3) is 0 Å². The Morgan fingerprint density at radius 2 is 1.78 bits per heavy atom. The molecule has 178 valence electrons. The van der Waals surface area contributed by atoms with Crippen molar-refractivity contribution in [3.63, 3.8) is 0 Å². The number of ether oxygens (including phenoxy) is 1. The largest absolute Gasteiger partial charge is 0.376 e. The molecule has 0 bridgehead atoms. The summed E-state index contributed by atoms with van der Waals surface area (Å²) in [6.07, 6.45) is 10.3. The van der Waals surface area contributed by atoms with Gasteiger partial charge in [0, 0.05) is 44.0 Å². The van der Waals surface area contributed by atoms with Crippen LogP contribution >= 0.6 is 0 Å². The highest BCUT2D eigenvalue weighted by Crippen LogP contribution is 2.31. The second-order valence-corrected chi connectivity index (χ2v) is 10.9. The molecular weight excluding hydrogens is 400 g/mol. The summed E-state index contributed by atoms with van der Waals surface area (Å²) in [4.78, 5) is 25.1. The average molecular weight is 443 g/mol. The highest BCUT2D eigenvalue weighted by atomic mass is 16.5. The molecule has 1 amide bonds. The second-order valence-electron chi connectivity index (χ2n) is 10.9. The van der Waals surface area contributed by atoms with Crippen LogP contribution in [0.1, 0.15) is 57.9 Å². The van der Waals surface area contributed by atoms with Crippen molar-refractivity contribution in [3.8, 4) is 0 Å². The molecule has 0 aliphatic carbocycles. The zero-order valence-electron chi connectivity index (χ0n) is 20.3. The summed E-state index contributed by atoms with van der Waals surface area (Å²) in [7, 11) is 2.23. The smallest absolute Gasteiger partial charge is 0.226 e. The molecular formula is C26H42N4O2. The summed E-state index contributed by atoms with van der Waals surface area (Å²) in [5.74, 6) is 0.979. The van der Waals surface area contributed by atoms with Crippen molar-refractivity contribution in [2.45, 2.75) is 70.6 Å². The van der Waals surface area contributed by atoms with E-state index in [9.17, 15) is 4.79 Å². The third-order valence-electron chi connectivity index (χ3n) is 7.81. The molecule has 0 spiro atoms. The molecule has 1 unspecified atom stereocenters. The highest BCUT2D eigenvalue weighted by Gasteiger charge is 2.36. The van der Waals surface area contributed by atoms with Crippen molar-refractivity contribution in [2.75, 3.05) is 46.4 Å². The molecule has 0 aromatic carbocycles. The lowest BCUT2D eigenvalue weighted by Crippen LogP contribution is -2.49. The van der Waals surface area contributed by atoms with Gasteiger partial charge in [0.1, 0.15) is 0 Å². The first-order valence-corrected chi connectivity index (χ1v) is 12.6. The first-order valence-electron chi connectivity index (χ1n) is 12.6. The Hall–Kier alpha value is -1.50. The maximum atomic E-state index is 13.6. The highest BCUT2D eigenvalue weighted by molar-refractivity contribution is 5.79. The van der Waals surface area contributed by atoms with Crippen LogP contribution in [0.3, 0.4) is 0 Å². The minimum Gasteiger partial charge on any atom is -0.376 e. The molecule has 4 rings (SSSR count). The van der Waals surface area contributed by atoms with Gasteiger partial charge in [-0.25, -0.2) is 0 Å². The number of pyridine rings is 1. The molecule has 1 aromatic rings. The predicted molar refractivity (Wildman–Crippen MR) is 127 cm³/mol. The van der Waals surface area contributed by atoms with Gasteiger partial charge in [-0.05, 0) is 109 Å². The molecule has 3 aliphatic rings. The van der Waals surface area contributed by atoms with Crippen LogP contribution in [0.5, 0.6) is 0 Å². The number of aromatic nitrogens is 1. The van der Waals surface area contributed by atoms with E-state index in [1.54, 1.807) is 0 Å². The number of likely N-dealkylation sites (tertiary alicyclic amines) is 2. The van der Waals surface area contributed by atoms with Gasteiger partial charge in [-0.1, -0.05) is 0 Å². The van der Waals surface area contributed by atoms with Crippen LogP contribution in [0.4, 0.5) is 0 Å². The van der Waals surface area contributed by atoms with E-state index in [0.29, 0.717) is 25.0 Å². The van der Waals surface area contributed by atoms with Gasteiger partial charge >= 0.3 is 0 Å². The van der Waals surface area contributed by atoms with Gasteiger partial charge in [0.2, 0.25) is 5.91 Å². The first kappa shape index (κ1) is 23.7. The molecule has 3 aliphatic heterocycles. The van der Waals surface area contributed by atoms with Gasteiger partial charge in [0.25, 0.3) is 0 Å². The normalized spacial score (nSPS) is 26.2. The molecule has 6 nitrogen and oxygen atoms in total. The van der Waals surface area contributed by atoms with Crippen molar-refractivity contribution >= 4 is 5.91 Å². The van der Waals surface area contributed by atoms with Gasteiger partial charge in [0.15, 0.2) is 0 Å². The topological polar surface area (TPSA) is 48.9 Å². The van der Waals surface area contributed by atoms with Crippen molar-refractivity contribution in [2.24, 2.45) is 11.8 Å². The Labute approximate surface area is 194 Å². The Morgan fingerprint density at radius 3 is 2.44 bits per heavy atom. The zero-order valence-corrected chi connectivity index (χ0v) is 20.3. The van der Waals surface area contributed by atoms with Crippen molar-refractivity contribution in [1.29, 1.82) is 0 Å². The van der Waals surface area contributed by atoms with E-state index >= 15 is 0 Å². The van der Waals surface area contributed by atoms with E-state index in [0.717, 1.165) is 25.4 Å². The van der Waals surface area contributed by atoms with E-state index in [-0.39, 0.29) is 11.5 Å². The quantitative estimate of drug-likeness (QED) is 0.676. The molecule has 6 heteroatoms. The number of hydrogen-bond acceptors (Lipinski definition) is 5. The number of piperidine rings is 2. The van der Waals surface area contributed by atoms with E-state index in [2.05, 4.69) is 40.6 Å². The summed E-state index contributed by atoms with van der Waals surface area (Å²) in [6.45, 7) is 11.3. The summed E-state index contributed by atoms with van der Waals surface area (Å²) >= 11 is 0. The van der Waals surface area contributed by atoms with Crippen LogP contribution in [0.15, 0.2) is 24.5 Å². The minimum atomic E-state index is -0.208. The fourth-order valence-corrected chi connectivity index (χ4v) is 5.81. The lowest BCUT2D eigenvalue weighted by molar-refractivity contribution is -0.147. The zero-order chi connectivity index (χ0) is 22.6. The van der Waals surface area contributed by atoms with Gasteiger partial charge in [0.05, 0.1) is 5.60 Å². The standard InChI is InChI=1S/C26H42N4O2/c1-26(2)18-23(10-17-32-26)25(31)30(19-21-4-11-27-12-5-21)20-22-6-15-29(16-7-22)24-8-13-28(3)14-9-24/h4-5,11-12,22-24H,6-10,13-20H2,1-3H3.